The van der Waals surface area contributed by atoms with E-state index in [1.165, 1.54) is 55.2 Å². The first-order chi connectivity index (χ1) is 10.3. The van der Waals surface area contributed by atoms with Gasteiger partial charge < -0.3 is 9.59 Å². The molecule has 0 aliphatic carbocycles. The van der Waals surface area contributed by atoms with Crippen molar-refractivity contribution in [1.82, 2.24) is 0 Å². The zero-order valence-corrected chi connectivity index (χ0v) is 13.0. The van der Waals surface area contributed by atoms with Crippen LogP contribution in [0, 0.1) is 5.92 Å². The van der Waals surface area contributed by atoms with Crippen LogP contribution >= 0.6 is 0 Å². The Labute approximate surface area is 128 Å². The van der Waals surface area contributed by atoms with Crippen molar-refractivity contribution >= 4 is 6.08 Å². The summed E-state index contributed by atoms with van der Waals surface area (Å²) >= 11 is 0. The summed E-state index contributed by atoms with van der Waals surface area (Å²) in [6.07, 6.45) is 11.2. The molecular weight excluding hydrogens is 258 g/mol. The number of nitrogens with zero attached hydrogens (tertiary/aromatic N) is 1. The van der Waals surface area contributed by atoms with Crippen molar-refractivity contribution in [1.29, 1.82) is 0 Å². The first-order valence-electron chi connectivity index (χ1n) is 8.52. The van der Waals surface area contributed by atoms with E-state index < -0.39 is 0 Å². The number of rotatable bonds is 4. The van der Waals surface area contributed by atoms with E-state index in [1.807, 2.05) is 0 Å². The standard InChI is InChI=1S/C19H28NO/c21-16-18-11-7-15-20(13-5-4-12-19(18)20)14-6-10-17-8-2-1-3-9-17/h1-3,6,8-10,18-19,21H,4-5,7,11-16H2/q+1/b10-6+/t18-,19+,20-/m0/s1. The van der Waals surface area contributed by atoms with Crippen LogP contribution < -0.4 is 0 Å². The lowest BCUT2D eigenvalue weighted by atomic mass is 9.81. The van der Waals surface area contributed by atoms with Crippen LogP contribution in [0.3, 0.4) is 0 Å². The Morgan fingerprint density at radius 1 is 1.05 bits per heavy atom. The van der Waals surface area contributed by atoms with Gasteiger partial charge in [-0.25, -0.2) is 0 Å². The van der Waals surface area contributed by atoms with Gasteiger partial charge in [0.1, 0.15) is 0 Å². The van der Waals surface area contributed by atoms with Crippen molar-refractivity contribution < 1.29 is 9.59 Å². The second kappa shape index (κ2) is 6.76. The van der Waals surface area contributed by atoms with Crippen LogP contribution in [0.2, 0.25) is 0 Å². The topological polar surface area (TPSA) is 20.2 Å². The molecule has 1 N–H and O–H groups in total. The van der Waals surface area contributed by atoms with E-state index in [0.717, 1.165) is 6.54 Å². The Hall–Kier alpha value is -1.12. The van der Waals surface area contributed by atoms with Crippen LogP contribution in [-0.2, 0) is 0 Å². The van der Waals surface area contributed by atoms with E-state index in [1.54, 1.807) is 0 Å². The highest BCUT2D eigenvalue weighted by atomic mass is 16.3. The molecule has 0 radical (unpaired) electrons. The van der Waals surface area contributed by atoms with Gasteiger partial charge in [-0.15, -0.1) is 0 Å². The minimum atomic E-state index is 0.382. The smallest absolute Gasteiger partial charge is 0.0979 e. The predicted octanol–water partition coefficient (Wildman–Crippen LogP) is 3.47. The molecule has 114 valence electrons. The van der Waals surface area contributed by atoms with E-state index in [-0.39, 0.29) is 0 Å². The highest BCUT2D eigenvalue weighted by Crippen LogP contribution is 2.37. The van der Waals surface area contributed by atoms with Gasteiger partial charge >= 0.3 is 0 Å². The van der Waals surface area contributed by atoms with Crippen LogP contribution in [-0.4, -0.2) is 41.9 Å². The highest BCUT2D eigenvalue weighted by molar-refractivity contribution is 5.48. The second-order valence-electron chi connectivity index (χ2n) is 6.81. The van der Waals surface area contributed by atoms with Crippen molar-refractivity contribution in [2.75, 3.05) is 26.2 Å². The fraction of sp³-hybridized carbons (Fsp3) is 0.579. The van der Waals surface area contributed by atoms with E-state index >= 15 is 0 Å². The minimum Gasteiger partial charge on any atom is -0.396 e. The Morgan fingerprint density at radius 2 is 1.86 bits per heavy atom. The number of quaternary nitrogens is 1. The second-order valence-corrected chi connectivity index (χ2v) is 6.81. The Kier molecular flexibility index (Phi) is 4.77. The molecular formula is C19H28NO+. The van der Waals surface area contributed by atoms with Gasteiger partial charge in [0.05, 0.1) is 32.3 Å². The lowest BCUT2D eigenvalue weighted by molar-refractivity contribution is -0.959. The fourth-order valence-electron chi connectivity index (χ4n) is 4.53. The van der Waals surface area contributed by atoms with Gasteiger partial charge in [-0.1, -0.05) is 36.4 Å². The summed E-state index contributed by atoms with van der Waals surface area (Å²) in [6.45, 7) is 4.13. The molecule has 0 spiro atoms. The van der Waals surface area contributed by atoms with Gasteiger partial charge in [0.15, 0.2) is 0 Å². The SMILES string of the molecule is OC[C@@H]1CCC[N@@+]2(C/C=C/c3ccccc3)CCCC[C@H]12. The molecule has 1 aromatic rings. The number of fused-ring (bicyclic) bond motifs is 1. The van der Waals surface area contributed by atoms with E-state index in [9.17, 15) is 5.11 Å². The Bertz CT molecular complexity index is 466. The summed E-state index contributed by atoms with van der Waals surface area (Å²) in [5.41, 5.74) is 1.29. The predicted molar refractivity (Wildman–Crippen MR) is 87.8 cm³/mol. The molecule has 0 saturated carbocycles. The largest absolute Gasteiger partial charge is 0.396 e. The van der Waals surface area contributed by atoms with Gasteiger partial charge in [-0.05, 0) is 37.3 Å². The zero-order valence-electron chi connectivity index (χ0n) is 13.0. The summed E-state index contributed by atoms with van der Waals surface area (Å²) < 4.78 is 1.23. The molecule has 2 nitrogen and oxygen atoms in total. The third kappa shape index (κ3) is 3.22. The Morgan fingerprint density at radius 3 is 2.67 bits per heavy atom. The molecule has 2 heteroatoms. The molecule has 0 unspecified atom stereocenters. The van der Waals surface area contributed by atoms with Crippen LogP contribution in [0.25, 0.3) is 6.08 Å². The van der Waals surface area contributed by atoms with Crippen LogP contribution in [0.15, 0.2) is 36.4 Å². The van der Waals surface area contributed by atoms with Gasteiger partial charge in [0.25, 0.3) is 0 Å². The van der Waals surface area contributed by atoms with Crippen molar-refractivity contribution in [3.8, 4) is 0 Å². The number of aliphatic hydroxyl groups is 1. The summed E-state index contributed by atoms with van der Waals surface area (Å²) in [4.78, 5) is 0. The molecule has 3 atom stereocenters. The van der Waals surface area contributed by atoms with Crippen LogP contribution in [0.1, 0.15) is 37.7 Å². The number of piperidine rings is 2. The number of benzene rings is 1. The molecule has 21 heavy (non-hydrogen) atoms. The lowest BCUT2D eigenvalue weighted by Gasteiger charge is -2.53. The lowest BCUT2D eigenvalue weighted by Crippen LogP contribution is -2.63. The fourth-order valence-corrected chi connectivity index (χ4v) is 4.53. The van der Waals surface area contributed by atoms with Crippen molar-refractivity contribution in [2.45, 2.75) is 38.1 Å². The third-order valence-corrected chi connectivity index (χ3v) is 5.59. The van der Waals surface area contributed by atoms with Crippen molar-refractivity contribution in [3.63, 3.8) is 0 Å². The maximum atomic E-state index is 9.72. The van der Waals surface area contributed by atoms with Gasteiger partial charge in [0, 0.05) is 12.3 Å². The first kappa shape index (κ1) is 14.8. The third-order valence-electron chi connectivity index (χ3n) is 5.59. The average molecular weight is 286 g/mol. The molecule has 2 aliphatic heterocycles. The summed E-state index contributed by atoms with van der Waals surface area (Å²) in [5, 5.41) is 9.72. The normalized spacial score (nSPS) is 33.0. The molecule has 2 heterocycles. The number of aliphatic hydroxyl groups excluding tert-OH is 1. The molecule has 0 bridgehead atoms. The maximum Gasteiger partial charge on any atom is 0.0979 e. The minimum absolute atomic E-state index is 0.382. The molecule has 2 saturated heterocycles. The zero-order chi connectivity index (χ0) is 14.5. The summed E-state index contributed by atoms with van der Waals surface area (Å²) in [6, 6.07) is 11.3. The quantitative estimate of drug-likeness (QED) is 0.840. The summed E-state index contributed by atoms with van der Waals surface area (Å²) in [5.74, 6) is 0.532. The monoisotopic (exact) mass is 286 g/mol. The highest BCUT2D eigenvalue weighted by Gasteiger charge is 2.45. The molecule has 1 aromatic carbocycles. The molecule has 0 aromatic heterocycles. The van der Waals surface area contributed by atoms with E-state index in [4.69, 9.17) is 0 Å². The van der Waals surface area contributed by atoms with Gasteiger partial charge in [0.2, 0.25) is 0 Å². The van der Waals surface area contributed by atoms with E-state index in [0.29, 0.717) is 18.6 Å². The van der Waals surface area contributed by atoms with Crippen LogP contribution in [0.5, 0.6) is 0 Å². The van der Waals surface area contributed by atoms with Crippen LogP contribution in [0.4, 0.5) is 0 Å². The molecule has 0 amide bonds. The molecule has 2 aliphatic rings. The average Bonchev–Trinajstić information content (AvgIpc) is 2.55. The Balaban J connectivity index is 1.72. The molecule has 3 rings (SSSR count). The van der Waals surface area contributed by atoms with Crippen molar-refractivity contribution in [3.05, 3.63) is 42.0 Å². The number of hydrogen-bond donors (Lipinski definition) is 1. The van der Waals surface area contributed by atoms with E-state index in [2.05, 4.69) is 42.5 Å². The molecule has 2 fully saturated rings. The first-order valence-corrected chi connectivity index (χ1v) is 8.52. The van der Waals surface area contributed by atoms with Crippen molar-refractivity contribution in [2.24, 2.45) is 5.92 Å². The van der Waals surface area contributed by atoms with Gasteiger partial charge in [-0.2, -0.15) is 0 Å². The summed E-state index contributed by atoms with van der Waals surface area (Å²) in [7, 11) is 0. The number of hydrogen-bond acceptors (Lipinski definition) is 1. The maximum absolute atomic E-state index is 9.72. The van der Waals surface area contributed by atoms with Gasteiger partial charge in [-0.3, -0.25) is 0 Å².